The highest BCUT2D eigenvalue weighted by Crippen LogP contribution is 2.17. The summed E-state index contributed by atoms with van der Waals surface area (Å²) in [6, 6.07) is 8.55. The van der Waals surface area contributed by atoms with Gasteiger partial charge in [0.15, 0.2) is 5.57 Å². The van der Waals surface area contributed by atoms with Gasteiger partial charge in [0.2, 0.25) is 10.0 Å². The van der Waals surface area contributed by atoms with Gasteiger partial charge in [-0.2, -0.15) is 5.26 Å². The van der Waals surface area contributed by atoms with E-state index in [0.717, 1.165) is 37.3 Å². The highest BCUT2D eigenvalue weighted by Gasteiger charge is 2.17. The Morgan fingerprint density at radius 1 is 1.26 bits per heavy atom. The predicted molar refractivity (Wildman–Crippen MR) is 137 cm³/mol. The van der Waals surface area contributed by atoms with Gasteiger partial charge < -0.3 is 15.0 Å². The van der Waals surface area contributed by atoms with Crippen LogP contribution in [0.25, 0.3) is 11.8 Å². The van der Waals surface area contributed by atoms with Crippen molar-refractivity contribution in [3.8, 4) is 6.07 Å². The topological polar surface area (TPSA) is 134 Å². The Hall–Kier alpha value is -3.14. The zero-order chi connectivity index (χ0) is 25.4. The number of thiazole rings is 1. The molecule has 0 atom stereocenters. The molecule has 0 saturated carbocycles. The lowest BCUT2D eigenvalue weighted by Crippen LogP contribution is -2.32. The van der Waals surface area contributed by atoms with Crippen LogP contribution in [0.2, 0.25) is 0 Å². The van der Waals surface area contributed by atoms with Crippen molar-refractivity contribution in [1.82, 2.24) is 9.47 Å². The summed E-state index contributed by atoms with van der Waals surface area (Å²) in [5.41, 5.74) is 0.402. The largest absolute Gasteiger partial charge is 0.462 e. The molecule has 12 heteroatoms. The molecule has 1 fully saturated rings. The molecule has 0 spiro atoms. The maximum atomic E-state index is 12.8. The van der Waals surface area contributed by atoms with Crippen LogP contribution in [0.4, 0.5) is 11.4 Å². The molecule has 1 aromatic carbocycles. The molecule has 1 saturated heterocycles. The van der Waals surface area contributed by atoms with Crippen LogP contribution in [0, 0.1) is 11.3 Å². The normalized spacial score (nSPS) is 15.5. The Labute approximate surface area is 208 Å². The van der Waals surface area contributed by atoms with E-state index < -0.39 is 16.0 Å². The molecule has 0 radical (unpaired) electrons. The SMILES string of the molecule is CCOC(=O)/C(C#N)=c1/s/c(=C/Nc2cccc(NS(=O)(=O)CCN3CCCC3)c2)c(=O)n1CC. The van der Waals surface area contributed by atoms with E-state index in [2.05, 4.69) is 14.9 Å². The fourth-order valence-electron chi connectivity index (χ4n) is 3.68. The summed E-state index contributed by atoms with van der Waals surface area (Å²) < 4.78 is 34.4. The summed E-state index contributed by atoms with van der Waals surface area (Å²) in [6.07, 6.45) is 3.68. The van der Waals surface area contributed by atoms with Crippen LogP contribution in [-0.2, 0) is 26.1 Å². The lowest BCUT2D eigenvalue weighted by Gasteiger charge is -2.15. The van der Waals surface area contributed by atoms with Crippen molar-refractivity contribution in [2.24, 2.45) is 0 Å². The van der Waals surface area contributed by atoms with Crippen LogP contribution in [0.1, 0.15) is 26.7 Å². The zero-order valence-corrected chi connectivity index (χ0v) is 21.4. The van der Waals surface area contributed by atoms with E-state index in [0.29, 0.717) is 17.9 Å². The number of likely N-dealkylation sites (tertiary alicyclic amines) is 1. The molecule has 2 N–H and O–H groups in total. The molecule has 1 aliphatic rings. The number of benzene rings is 1. The molecule has 10 nitrogen and oxygen atoms in total. The number of aromatic nitrogens is 1. The molecular weight excluding hydrogens is 490 g/mol. The van der Waals surface area contributed by atoms with Gasteiger partial charge in [-0.15, -0.1) is 11.3 Å². The van der Waals surface area contributed by atoms with Crippen molar-refractivity contribution >= 4 is 50.5 Å². The lowest BCUT2D eigenvalue weighted by molar-refractivity contribution is -0.136. The van der Waals surface area contributed by atoms with Gasteiger partial charge in [0.25, 0.3) is 5.56 Å². The maximum Gasteiger partial charge on any atom is 0.351 e. The van der Waals surface area contributed by atoms with Crippen LogP contribution in [0.5, 0.6) is 0 Å². The van der Waals surface area contributed by atoms with Crippen LogP contribution in [-0.4, -0.2) is 55.8 Å². The first-order valence-electron chi connectivity index (χ1n) is 11.4. The van der Waals surface area contributed by atoms with Gasteiger partial charge in [-0.1, -0.05) is 6.07 Å². The minimum Gasteiger partial charge on any atom is -0.462 e. The van der Waals surface area contributed by atoms with Crippen molar-refractivity contribution in [2.45, 2.75) is 33.2 Å². The Morgan fingerprint density at radius 2 is 1.97 bits per heavy atom. The molecule has 1 aliphatic heterocycles. The Bertz CT molecular complexity index is 1380. The van der Waals surface area contributed by atoms with E-state index in [1.54, 1.807) is 38.1 Å². The van der Waals surface area contributed by atoms with Crippen molar-refractivity contribution in [1.29, 1.82) is 5.26 Å². The van der Waals surface area contributed by atoms with Crippen molar-refractivity contribution in [3.63, 3.8) is 0 Å². The minimum atomic E-state index is -3.50. The van der Waals surface area contributed by atoms with E-state index in [1.165, 1.54) is 10.8 Å². The number of ether oxygens (including phenoxy) is 1. The Morgan fingerprint density at radius 3 is 2.63 bits per heavy atom. The summed E-state index contributed by atoms with van der Waals surface area (Å²) >= 11 is 1.01. The number of rotatable bonds is 10. The highest BCUT2D eigenvalue weighted by molar-refractivity contribution is 7.92. The average Bonchev–Trinajstić information content (AvgIpc) is 3.45. The summed E-state index contributed by atoms with van der Waals surface area (Å²) in [6.45, 7) is 6.14. The Balaban J connectivity index is 1.81. The van der Waals surface area contributed by atoms with Gasteiger partial charge in [-0.25, -0.2) is 13.2 Å². The fourth-order valence-corrected chi connectivity index (χ4v) is 5.85. The van der Waals surface area contributed by atoms with Crippen molar-refractivity contribution < 1.29 is 17.9 Å². The van der Waals surface area contributed by atoms with Crippen molar-refractivity contribution in [2.75, 3.05) is 42.0 Å². The number of carbonyl (C=O) groups excluding carboxylic acids is 1. The van der Waals surface area contributed by atoms with Crippen LogP contribution >= 0.6 is 11.3 Å². The number of nitrogens with one attached hydrogen (secondary N) is 2. The zero-order valence-electron chi connectivity index (χ0n) is 19.7. The number of hydrogen-bond donors (Lipinski definition) is 2. The summed E-state index contributed by atoms with van der Waals surface area (Å²) in [5.74, 6) is -0.758. The molecule has 35 heavy (non-hydrogen) atoms. The molecule has 2 aromatic rings. The smallest absolute Gasteiger partial charge is 0.351 e. The molecule has 0 amide bonds. The predicted octanol–water partition coefficient (Wildman–Crippen LogP) is 0.855. The molecule has 1 aromatic heterocycles. The fraction of sp³-hybridized carbons (Fsp3) is 0.435. The standard InChI is InChI=1S/C23H29N5O5S2/c1-3-28-21(29)20(34-22(28)19(15-24)23(30)33-4-2)16-25-17-8-7-9-18(14-17)26-35(31,32)13-12-27-10-5-6-11-27/h7-9,14,16,25-26H,3-6,10-13H2,1-2H3/b20-16+,22-19+. The van der Waals surface area contributed by atoms with Gasteiger partial charge in [0, 0.05) is 25.0 Å². The molecule has 2 heterocycles. The lowest BCUT2D eigenvalue weighted by atomic mass is 10.3. The third-order valence-electron chi connectivity index (χ3n) is 5.41. The third kappa shape index (κ3) is 6.94. The molecule has 0 bridgehead atoms. The first-order valence-corrected chi connectivity index (χ1v) is 13.9. The number of esters is 1. The molecule has 0 unspecified atom stereocenters. The second-order valence-electron chi connectivity index (χ2n) is 7.87. The first kappa shape index (κ1) is 26.5. The summed E-state index contributed by atoms with van der Waals surface area (Å²) in [4.78, 5) is 27.1. The number of carbonyl (C=O) groups is 1. The number of nitriles is 1. The van der Waals surface area contributed by atoms with E-state index in [4.69, 9.17) is 4.74 Å². The van der Waals surface area contributed by atoms with Gasteiger partial charge in [-0.3, -0.25) is 14.1 Å². The van der Waals surface area contributed by atoms with E-state index >= 15 is 0 Å². The molecule has 0 aliphatic carbocycles. The highest BCUT2D eigenvalue weighted by atomic mass is 32.2. The van der Waals surface area contributed by atoms with Gasteiger partial charge >= 0.3 is 5.97 Å². The number of anilines is 2. The van der Waals surface area contributed by atoms with E-state index in [9.17, 15) is 23.3 Å². The van der Waals surface area contributed by atoms with Crippen LogP contribution < -0.4 is 24.8 Å². The number of sulfonamides is 1. The average molecular weight is 520 g/mol. The molecular formula is C23H29N5O5S2. The quantitative estimate of drug-likeness (QED) is 0.442. The van der Waals surface area contributed by atoms with E-state index in [-0.39, 0.29) is 39.2 Å². The molecule has 3 rings (SSSR count). The number of nitrogens with zero attached hydrogens (tertiary/aromatic N) is 3. The second kappa shape index (κ2) is 12.0. The third-order valence-corrected chi connectivity index (χ3v) is 7.81. The minimum absolute atomic E-state index is 0.0174. The van der Waals surface area contributed by atoms with Gasteiger partial charge in [0.1, 0.15) is 15.3 Å². The first-order chi connectivity index (χ1) is 16.8. The molecule has 188 valence electrons. The second-order valence-corrected chi connectivity index (χ2v) is 10.7. The van der Waals surface area contributed by atoms with Crippen LogP contribution in [0.3, 0.4) is 0 Å². The van der Waals surface area contributed by atoms with Gasteiger partial charge in [0.05, 0.1) is 18.0 Å². The van der Waals surface area contributed by atoms with Crippen LogP contribution in [0.15, 0.2) is 29.1 Å². The summed E-state index contributed by atoms with van der Waals surface area (Å²) in [7, 11) is -3.50. The number of hydrogen-bond acceptors (Lipinski definition) is 9. The van der Waals surface area contributed by atoms with E-state index in [1.807, 2.05) is 6.07 Å². The van der Waals surface area contributed by atoms with Gasteiger partial charge in [-0.05, 0) is 58.0 Å². The summed E-state index contributed by atoms with van der Waals surface area (Å²) in [5, 5.41) is 12.4. The van der Waals surface area contributed by atoms with Crippen molar-refractivity contribution in [3.05, 3.63) is 43.8 Å². The monoisotopic (exact) mass is 519 g/mol. The maximum absolute atomic E-state index is 12.8. The Kier molecular flexibility index (Phi) is 9.08.